The predicted molar refractivity (Wildman–Crippen MR) is 69.9 cm³/mol. The minimum Gasteiger partial charge on any atom is -0.395 e. The number of rotatable bonds is 7. The molecule has 0 spiro atoms. The second kappa shape index (κ2) is 7.15. The number of hydrogen-bond acceptors (Lipinski definition) is 4. The number of halogens is 1. The number of alkyl halides is 1. The Kier molecular flexibility index (Phi) is 5.84. The zero-order chi connectivity index (χ0) is 13.5. The lowest BCUT2D eigenvalue weighted by Gasteiger charge is -2.13. The minimum atomic E-state index is -0.670. The summed E-state index contributed by atoms with van der Waals surface area (Å²) in [6.07, 6.45) is 1.93. The van der Waals surface area contributed by atoms with Gasteiger partial charge in [-0.25, -0.2) is 0 Å². The quantitative estimate of drug-likeness (QED) is 0.476. The third-order valence-corrected chi connectivity index (χ3v) is 3.10. The number of carbonyl (C=O) groups excluding carboxylic acids is 1. The lowest BCUT2D eigenvalue weighted by atomic mass is 10.0. The summed E-state index contributed by atoms with van der Waals surface area (Å²) in [6, 6.07) is 2.48. The Hall–Kier alpha value is -1.37. The molecule has 6 nitrogen and oxygen atoms in total. The van der Waals surface area contributed by atoms with E-state index >= 15 is 0 Å². The fourth-order valence-electron chi connectivity index (χ4n) is 1.48. The number of amides is 1. The zero-order valence-electron chi connectivity index (χ0n) is 10.0. The highest BCUT2D eigenvalue weighted by Gasteiger charge is 2.17. The molecule has 1 atom stereocenters. The Balaban J connectivity index is 2.51. The molecule has 0 bridgehead atoms. The highest BCUT2D eigenvalue weighted by atomic mass is 79.9. The molecule has 1 heterocycles. The Bertz CT molecular complexity index is 419. The first-order chi connectivity index (χ1) is 8.58. The van der Waals surface area contributed by atoms with Crippen molar-refractivity contribution in [3.05, 3.63) is 28.0 Å². The number of nitrogens with one attached hydrogen (secondary N) is 1. The fourth-order valence-corrected chi connectivity index (χ4v) is 2.12. The zero-order valence-corrected chi connectivity index (χ0v) is 11.6. The van der Waals surface area contributed by atoms with E-state index in [-0.39, 0.29) is 5.76 Å². The van der Waals surface area contributed by atoms with Crippen LogP contribution in [0.1, 0.15) is 30.3 Å². The molecule has 0 aromatic carbocycles. The van der Waals surface area contributed by atoms with Crippen molar-refractivity contribution in [1.29, 1.82) is 0 Å². The molecule has 0 saturated carbocycles. The topological polar surface area (TPSA) is 85.4 Å². The molecule has 1 unspecified atom stereocenters. The van der Waals surface area contributed by atoms with Crippen LogP contribution >= 0.6 is 15.9 Å². The van der Waals surface area contributed by atoms with Gasteiger partial charge >= 0.3 is 5.88 Å². The van der Waals surface area contributed by atoms with Gasteiger partial charge in [0.15, 0.2) is 5.76 Å². The van der Waals surface area contributed by atoms with Gasteiger partial charge in [0.05, 0.1) is 6.07 Å². The van der Waals surface area contributed by atoms with Crippen molar-refractivity contribution in [2.24, 2.45) is 5.92 Å². The van der Waals surface area contributed by atoms with Crippen LogP contribution in [0.25, 0.3) is 0 Å². The predicted octanol–water partition coefficient (Wildman–Crippen LogP) is 2.73. The van der Waals surface area contributed by atoms with Crippen molar-refractivity contribution >= 4 is 27.7 Å². The first kappa shape index (κ1) is 14.7. The summed E-state index contributed by atoms with van der Waals surface area (Å²) in [5.74, 6) is -0.488. The number of nitrogens with zero attached hydrogens (tertiary/aromatic N) is 1. The van der Waals surface area contributed by atoms with E-state index in [9.17, 15) is 14.9 Å². The van der Waals surface area contributed by atoms with Crippen LogP contribution in [0.15, 0.2) is 16.5 Å². The van der Waals surface area contributed by atoms with Gasteiger partial charge in [-0.2, -0.15) is 0 Å². The van der Waals surface area contributed by atoms with Crippen molar-refractivity contribution in [1.82, 2.24) is 5.32 Å². The Morgan fingerprint density at radius 3 is 2.83 bits per heavy atom. The molecular formula is C11H15BrN2O4. The maximum Gasteiger partial charge on any atom is 0.433 e. The van der Waals surface area contributed by atoms with E-state index in [2.05, 4.69) is 28.2 Å². The van der Waals surface area contributed by atoms with Gasteiger partial charge in [0.2, 0.25) is 0 Å². The van der Waals surface area contributed by atoms with Crippen LogP contribution in [0, 0.1) is 16.0 Å². The summed E-state index contributed by atoms with van der Waals surface area (Å²) in [6.45, 7) is 2.59. The molecule has 0 radical (unpaired) electrons. The average molecular weight is 319 g/mol. The van der Waals surface area contributed by atoms with Crippen LogP contribution in [0.3, 0.4) is 0 Å². The van der Waals surface area contributed by atoms with Gasteiger partial charge in [-0.15, -0.1) is 0 Å². The van der Waals surface area contributed by atoms with Crippen molar-refractivity contribution in [2.75, 3.05) is 11.9 Å². The molecular weight excluding hydrogens is 304 g/mol. The van der Waals surface area contributed by atoms with Gasteiger partial charge in [0, 0.05) is 11.9 Å². The lowest BCUT2D eigenvalue weighted by Crippen LogP contribution is -2.29. The Morgan fingerprint density at radius 2 is 2.33 bits per heavy atom. The largest absolute Gasteiger partial charge is 0.433 e. The molecule has 0 aliphatic rings. The standard InChI is InChI=1S/C11H15BrN2O4/c1-2-8(5-6-12)7-13-11(15)9-3-4-10(18-9)14(16)17/h3-4,8H,2,5-7H2,1H3,(H,13,15). The fraction of sp³-hybridized carbons (Fsp3) is 0.545. The summed E-state index contributed by atoms with van der Waals surface area (Å²) >= 11 is 3.36. The molecule has 1 aromatic heterocycles. The van der Waals surface area contributed by atoms with Crippen molar-refractivity contribution < 1.29 is 14.1 Å². The van der Waals surface area contributed by atoms with E-state index in [0.29, 0.717) is 12.5 Å². The third kappa shape index (κ3) is 4.14. The third-order valence-electron chi connectivity index (χ3n) is 2.64. The van der Waals surface area contributed by atoms with Gasteiger partial charge in [0.25, 0.3) is 5.91 Å². The van der Waals surface area contributed by atoms with Gasteiger partial charge < -0.3 is 9.73 Å². The average Bonchev–Trinajstić information content (AvgIpc) is 2.83. The second-order valence-electron chi connectivity index (χ2n) is 3.86. The van der Waals surface area contributed by atoms with E-state index in [1.54, 1.807) is 0 Å². The van der Waals surface area contributed by atoms with Gasteiger partial charge in [-0.1, -0.05) is 29.3 Å². The van der Waals surface area contributed by atoms with Gasteiger partial charge in [-0.3, -0.25) is 14.9 Å². The lowest BCUT2D eigenvalue weighted by molar-refractivity contribution is -0.402. The minimum absolute atomic E-state index is 0.0320. The number of furan rings is 1. The second-order valence-corrected chi connectivity index (χ2v) is 4.65. The molecule has 1 amide bonds. The Morgan fingerprint density at radius 1 is 1.61 bits per heavy atom. The summed E-state index contributed by atoms with van der Waals surface area (Å²) in [5, 5.41) is 14.0. The molecule has 7 heteroatoms. The van der Waals surface area contributed by atoms with Crippen LogP contribution in [0.4, 0.5) is 5.88 Å². The normalized spacial score (nSPS) is 12.1. The van der Waals surface area contributed by atoms with Crippen LogP contribution in [-0.2, 0) is 0 Å². The van der Waals surface area contributed by atoms with E-state index in [4.69, 9.17) is 4.42 Å². The maximum absolute atomic E-state index is 11.7. The first-order valence-corrected chi connectivity index (χ1v) is 6.79. The van der Waals surface area contributed by atoms with Crippen LogP contribution in [0.2, 0.25) is 0 Å². The molecule has 100 valence electrons. The number of nitro groups is 1. The van der Waals surface area contributed by atoms with E-state index < -0.39 is 16.7 Å². The highest BCUT2D eigenvalue weighted by molar-refractivity contribution is 9.09. The van der Waals surface area contributed by atoms with E-state index in [0.717, 1.165) is 18.2 Å². The van der Waals surface area contributed by atoms with Crippen molar-refractivity contribution in [3.63, 3.8) is 0 Å². The summed E-state index contributed by atoms with van der Waals surface area (Å²) in [7, 11) is 0. The van der Waals surface area contributed by atoms with E-state index in [1.807, 2.05) is 0 Å². The van der Waals surface area contributed by atoms with Crippen LogP contribution < -0.4 is 5.32 Å². The monoisotopic (exact) mass is 318 g/mol. The summed E-state index contributed by atoms with van der Waals surface area (Å²) in [5.41, 5.74) is 0. The van der Waals surface area contributed by atoms with Gasteiger partial charge in [-0.05, 0) is 18.4 Å². The molecule has 1 N–H and O–H groups in total. The van der Waals surface area contributed by atoms with Crippen molar-refractivity contribution in [3.8, 4) is 0 Å². The summed E-state index contributed by atoms with van der Waals surface area (Å²) in [4.78, 5) is 21.4. The molecule has 1 rings (SSSR count). The van der Waals surface area contributed by atoms with E-state index in [1.165, 1.54) is 12.1 Å². The molecule has 0 aliphatic heterocycles. The van der Waals surface area contributed by atoms with Crippen LogP contribution in [0.5, 0.6) is 0 Å². The molecule has 0 aliphatic carbocycles. The van der Waals surface area contributed by atoms with Crippen molar-refractivity contribution in [2.45, 2.75) is 19.8 Å². The smallest absolute Gasteiger partial charge is 0.395 e. The molecule has 0 fully saturated rings. The van der Waals surface area contributed by atoms with Crippen LogP contribution in [-0.4, -0.2) is 22.7 Å². The maximum atomic E-state index is 11.7. The highest BCUT2D eigenvalue weighted by Crippen LogP contribution is 2.15. The van der Waals surface area contributed by atoms with Gasteiger partial charge in [0.1, 0.15) is 4.92 Å². The number of hydrogen-bond donors (Lipinski definition) is 1. The molecule has 1 aromatic rings. The molecule has 0 saturated heterocycles. The summed E-state index contributed by atoms with van der Waals surface area (Å²) < 4.78 is 4.81. The SMILES string of the molecule is CCC(CCBr)CNC(=O)c1ccc([N+](=O)[O-])o1. The number of carbonyl (C=O) groups is 1. The first-order valence-electron chi connectivity index (χ1n) is 5.66. The molecule has 18 heavy (non-hydrogen) atoms. The Labute approximate surface area is 113 Å².